The molecule has 5 nitrogen and oxygen atoms in total. The summed E-state index contributed by atoms with van der Waals surface area (Å²) in [5, 5.41) is 11.6. The van der Waals surface area contributed by atoms with Crippen molar-refractivity contribution < 1.29 is 14.7 Å². The summed E-state index contributed by atoms with van der Waals surface area (Å²) in [6.07, 6.45) is 1.99. The van der Waals surface area contributed by atoms with Crippen molar-refractivity contribution in [2.24, 2.45) is 5.92 Å². The summed E-state index contributed by atoms with van der Waals surface area (Å²) in [5.41, 5.74) is 2.31. The van der Waals surface area contributed by atoms with E-state index in [4.69, 9.17) is 5.11 Å². The largest absolute Gasteiger partial charge is 0.481 e. The van der Waals surface area contributed by atoms with Crippen LogP contribution >= 0.6 is 11.3 Å². The molecule has 1 unspecified atom stereocenters. The summed E-state index contributed by atoms with van der Waals surface area (Å²) in [6.45, 7) is 1.77. The highest BCUT2D eigenvalue weighted by atomic mass is 32.1. The first-order valence-corrected chi connectivity index (χ1v) is 6.38. The number of amides is 1. The van der Waals surface area contributed by atoms with Gasteiger partial charge in [-0.05, 0) is 25.7 Å². The van der Waals surface area contributed by atoms with Gasteiger partial charge in [-0.2, -0.15) is 0 Å². The Balaban J connectivity index is 2.00. The van der Waals surface area contributed by atoms with Gasteiger partial charge < -0.3 is 10.4 Å². The van der Waals surface area contributed by atoms with Gasteiger partial charge in [0.1, 0.15) is 4.88 Å². The summed E-state index contributed by atoms with van der Waals surface area (Å²) in [6, 6.07) is -0.249. The molecule has 6 heteroatoms. The average molecular weight is 254 g/mol. The predicted molar refractivity (Wildman–Crippen MR) is 63.1 cm³/mol. The van der Waals surface area contributed by atoms with E-state index in [0.717, 1.165) is 12.8 Å². The van der Waals surface area contributed by atoms with Crippen LogP contribution in [-0.2, 0) is 4.79 Å². The zero-order chi connectivity index (χ0) is 12.4. The number of hydrogen-bond acceptors (Lipinski definition) is 4. The number of aliphatic carboxylic acids is 1. The van der Waals surface area contributed by atoms with Crippen molar-refractivity contribution in [3.63, 3.8) is 0 Å². The van der Waals surface area contributed by atoms with Crippen LogP contribution in [0.2, 0.25) is 0 Å². The lowest BCUT2D eigenvalue weighted by molar-refractivity contribution is -0.137. The fraction of sp³-hybridized carbons (Fsp3) is 0.545. The zero-order valence-corrected chi connectivity index (χ0v) is 10.3. The van der Waals surface area contributed by atoms with Crippen molar-refractivity contribution in [1.29, 1.82) is 0 Å². The molecule has 0 saturated heterocycles. The van der Waals surface area contributed by atoms with Crippen LogP contribution in [0.15, 0.2) is 5.51 Å². The molecule has 2 rings (SSSR count). The molecular weight excluding hydrogens is 240 g/mol. The minimum Gasteiger partial charge on any atom is -0.481 e. The molecule has 92 valence electrons. The average Bonchev–Trinajstić information content (AvgIpc) is 3.00. The molecule has 1 aromatic heterocycles. The molecule has 1 aromatic rings. The van der Waals surface area contributed by atoms with E-state index in [-0.39, 0.29) is 18.4 Å². The van der Waals surface area contributed by atoms with E-state index in [1.807, 2.05) is 0 Å². The van der Waals surface area contributed by atoms with E-state index in [0.29, 0.717) is 16.5 Å². The molecule has 2 N–H and O–H groups in total. The highest BCUT2D eigenvalue weighted by Crippen LogP contribution is 2.34. The third-order valence-corrected chi connectivity index (χ3v) is 3.78. The van der Waals surface area contributed by atoms with Crippen molar-refractivity contribution >= 4 is 23.2 Å². The number of rotatable bonds is 5. The Morgan fingerprint density at radius 3 is 2.82 bits per heavy atom. The Bertz CT molecular complexity index is 440. The smallest absolute Gasteiger partial charge is 0.305 e. The minimum atomic E-state index is -0.872. The molecule has 1 amide bonds. The SMILES string of the molecule is Cc1ncsc1C(=O)NC(CC(=O)O)C1CC1. The van der Waals surface area contributed by atoms with Crippen LogP contribution < -0.4 is 5.32 Å². The standard InChI is InChI=1S/C11H14N2O3S/c1-6-10(17-5-12-6)11(16)13-8(4-9(14)15)7-2-3-7/h5,7-8H,2-4H2,1H3,(H,13,16)(H,14,15). The third-order valence-electron chi connectivity index (χ3n) is 2.85. The molecule has 1 aliphatic rings. The molecule has 0 spiro atoms. The maximum absolute atomic E-state index is 11.9. The lowest BCUT2D eigenvalue weighted by Gasteiger charge is -2.15. The van der Waals surface area contributed by atoms with Crippen LogP contribution in [0.1, 0.15) is 34.6 Å². The molecule has 1 aliphatic carbocycles. The predicted octanol–water partition coefficient (Wildman–Crippen LogP) is 1.43. The summed E-state index contributed by atoms with van der Waals surface area (Å²) in [7, 11) is 0. The summed E-state index contributed by atoms with van der Waals surface area (Å²) >= 11 is 1.28. The Labute approximate surface area is 103 Å². The second-order valence-electron chi connectivity index (χ2n) is 4.28. The minimum absolute atomic E-state index is 0.00570. The highest BCUT2D eigenvalue weighted by molar-refractivity contribution is 7.11. The van der Waals surface area contributed by atoms with Crippen LogP contribution in [0.25, 0.3) is 0 Å². The van der Waals surface area contributed by atoms with Gasteiger partial charge in [-0.15, -0.1) is 11.3 Å². The number of nitrogens with zero attached hydrogens (tertiary/aromatic N) is 1. The van der Waals surface area contributed by atoms with E-state index in [1.54, 1.807) is 12.4 Å². The van der Waals surface area contributed by atoms with Crippen LogP contribution in [0.5, 0.6) is 0 Å². The summed E-state index contributed by atoms with van der Waals surface area (Å²) in [5.74, 6) is -0.755. The zero-order valence-electron chi connectivity index (χ0n) is 9.47. The molecule has 0 bridgehead atoms. The highest BCUT2D eigenvalue weighted by Gasteiger charge is 2.34. The van der Waals surface area contributed by atoms with Crippen LogP contribution in [0.3, 0.4) is 0 Å². The maximum atomic E-state index is 11.9. The first-order valence-electron chi connectivity index (χ1n) is 5.50. The molecule has 0 aromatic carbocycles. The monoisotopic (exact) mass is 254 g/mol. The molecule has 1 fully saturated rings. The number of aryl methyl sites for hydroxylation is 1. The van der Waals surface area contributed by atoms with E-state index in [9.17, 15) is 9.59 Å². The normalized spacial score (nSPS) is 16.5. The van der Waals surface area contributed by atoms with Crippen molar-refractivity contribution in [3.8, 4) is 0 Å². The number of carbonyl (C=O) groups is 2. The van der Waals surface area contributed by atoms with Gasteiger partial charge >= 0.3 is 5.97 Å². The number of carbonyl (C=O) groups excluding carboxylic acids is 1. The molecule has 1 saturated carbocycles. The Morgan fingerprint density at radius 1 is 1.65 bits per heavy atom. The number of nitrogens with one attached hydrogen (secondary N) is 1. The summed E-state index contributed by atoms with van der Waals surface area (Å²) in [4.78, 5) is 27.2. The van der Waals surface area contributed by atoms with Gasteiger partial charge in [0, 0.05) is 6.04 Å². The molecule has 17 heavy (non-hydrogen) atoms. The van der Waals surface area contributed by atoms with Crippen molar-refractivity contribution in [3.05, 3.63) is 16.1 Å². The second-order valence-corrected chi connectivity index (χ2v) is 5.14. The first kappa shape index (κ1) is 12.0. The van der Waals surface area contributed by atoms with Gasteiger partial charge in [-0.1, -0.05) is 0 Å². The van der Waals surface area contributed by atoms with Gasteiger partial charge in [0.2, 0.25) is 0 Å². The molecule has 1 heterocycles. The molecule has 0 radical (unpaired) electrons. The lowest BCUT2D eigenvalue weighted by atomic mass is 10.1. The van der Waals surface area contributed by atoms with Gasteiger partial charge in [0.05, 0.1) is 17.6 Å². The van der Waals surface area contributed by atoms with Gasteiger partial charge in [0.15, 0.2) is 0 Å². The van der Waals surface area contributed by atoms with Gasteiger partial charge in [-0.25, -0.2) is 4.98 Å². The van der Waals surface area contributed by atoms with Crippen LogP contribution in [0, 0.1) is 12.8 Å². The van der Waals surface area contributed by atoms with Crippen molar-refractivity contribution in [1.82, 2.24) is 10.3 Å². The fourth-order valence-corrected chi connectivity index (χ4v) is 2.48. The van der Waals surface area contributed by atoms with Gasteiger partial charge in [0.25, 0.3) is 5.91 Å². The topological polar surface area (TPSA) is 79.3 Å². The van der Waals surface area contributed by atoms with Crippen LogP contribution in [-0.4, -0.2) is 28.0 Å². The molecular formula is C11H14N2O3S. The van der Waals surface area contributed by atoms with E-state index < -0.39 is 5.97 Å². The quantitative estimate of drug-likeness (QED) is 0.833. The second kappa shape index (κ2) is 4.83. The van der Waals surface area contributed by atoms with E-state index >= 15 is 0 Å². The first-order chi connectivity index (χ1) is 8.08. The number of thiazole rings is 1. The fourth-order valence-electron chi connectivity index (χ4n) is 1.78. The lowest BCUT2D eigenvalue weighted by Crippen LogP contribution is -2.38. The molecule has 1 atom stereocenters. The third kappa shape index (κ3) is 3.03. The van der Waals surface area contributed by atoms with Crippen molar-refractivity contribution in [2.45, 2.75) is 32.2 Å². The summed E-state index contributed by atoms with van der Waals surface area (Å²) < 4.78 is 0. The number of carboxylic acid groups (broad SMARTS) is 1. The van der Waals surface area contributed by atoms with Crippen molar-refractivity contribution in [2.75, 3.05) is 0 Å². The number of carboxylic acids is 1. The maximum Gasteiger partial charge on any atom is 0.305 e. The van der Waals surface area contributed by atoms with Gasteiger partial charge in [-0.3, -0.25) is 9.59 Å². The number of aromatic nitrogens is 1. The number of hydrogen-bond donors (Lipinski definition) is 2. The van der Waals surface area contributed by atoms with E-state index in [1.165, 1.54) is 11.3 Å². The Hall–Kier alpha value is -1.43. The Kier molecular flexibility index (Phi) is 3.42. The van der Waals surface area contributed by atoms with E-state index in [2.05, 4.69) is 10.3 Å². The Morgan fingerprint density at radius 2 is 2.35 bits per heavy atom. The van der Waals surface area contributed by atoms with Crippen LogP contribution in [0.4, 0.5) is 0 Å². The molecule has 0 aliphatic heterocycles.